The summed E-state index contributed by atoms with van der Waals surface area (Å²) in [5, 5.41) is 10.9. The fraction of sp³-hybridized carbons (Fsp3) is 0.542. The average molecular weight is 497 g/mol. The second-order valence-electron chi connectivity index (χ2n) is 8.94. The quantitative estimate of drug-likeness (QED) is 0.405. The van der Waals surface area contributed by atoms with Gasteiger partial charge in [0.1, 0.15) is 0 Å². The van der Waals surface area contributed by atoms with Crippen molar-refractivity contribution in [3.63, 3.8) is 0 Å². The molecule has 2 fully saturated rings. The third kappa shape index (κ3) is 6.91. The van der Waals surface area contributed by atoms with Gasteiger partial charge in [0, 0.05) is 31.0 Å². The Hall–Kier alpha value is -2.73. The van der Waals surface area contributed by atoms with Gasteiger partial charge in [0.2, 0.25) is 5.95 Å². The first-order valence-corrected chi connectivity index (χ1v) is 13.1. The van der Waals surface area contributed by atoms with Crippen LogP contribution >= 0.6 is 11.3 Å². The summed E-state index contributed by atoms with van der Waals surface area (Å²) in [7, 11) is 0. The molecule has 0 amide bonds. The Labute approximate surface area is 209 Å². The van der Waals surface area contributed by atoms with Crippen LogP contribution in [0.3, 0.4) is 0 Å². The van der Waals surface area contributed by atoms with Crippen LogP contribution in [0.25, 0.3) is 10.6 Å². The Balaban J connectivity index is 1.16. The lowest BCUT2D eigenvalue weighted by Gasteiger charge is -2.23. The Morgan fingerprint density at radius 2 is 1.94 bits per heavy atom. The molecule has 0 aromatic carbocycles. The molecule has 1 aliphatic carbocycles. The number of rotatable bonds is 9. The van der Waals surface area contributed by atoms with E-state index in [-0.39, 0.29) is 6.10 Å². The van der Waals surface area contributed by atoms with Crippen LogP contribution in [-0.2, 0) is 16.0 Å². The molecule has 3 aromatic rings. The van der Waals surface area contributed by atoms with Crippen LogP contribution in [0.4, 0.5) is 16.9 Å². The van der Waals surface area contributed by atoms with Gasteiger partial charge in [-0.15, -0.1) is 0 Å². The van der Waals surface area contributed by atoms with Crippen molar-refractivity contribution in [3.8, 4) is 10.6 Å². The van der Waals surface area contributed by atoms with Crippen molar-refractivity contribution in [2.75, 3.05) is 37.0 Å². The molecule has 5 rings (SSSR count). The maximum Gasteiger partial charge on any atom is 0.223 e. The normalized spacial score (nSPS) is 18.9. The number of nitrogens with one attached hydrogen (secondary N) is 3. The molecule has 0 bridgehead atoms. The third-order valence-corrected chi connectivity index (χ3v) is 6.99. The number of anilines is 3. The summed E-state index contributed by atoms with van der Waals surface area (Å²) >= 11 is 1.53. The number of ether oxygens (including phenoxy) is 2. The molecular weight excluding hydrogens is 464 g/mol. The van der Waals surface area contributed by atoms with Crippen molar-refractivity contribution in [1.29, 1.82) is 0 Å². The highest BCUT2D eigenvalue weighted by atomic mass is 32.1. The first kappa shape index (κ1) is 24.0. The summed E-state index contributed by atoms with van der Waals surface area (Å²) in [4.78, 5) is 23.8. The molecule has 3 aromatic heterocycles. The largest absolute Gasteiger partial charge is 0.376 e. The van der Waals surface area contributed by atoms with Crippen molar-refractivity contribution in [1.82, 2.24) is 30.2 Å². The van der Waals surface area contributed by atoms with E-state index in [4.69, 9.17) is 14.5 Å². The van der Waals surface area contributed by atoms with Gasteiger partial charge in [0.05, 0.1) is 54.6 Å². The standard InChI is InChI=1S/C24H32N8O2S/c1-16-9-20(31-23(29-16)30-17-5-3-2-4-6-17)21-13-28-24(35-21)32-22-14-26-18(11-27-22)10-25-12-19-15-33-7-8-34-19/h9,11,13-14,17,19,25H,2-8,10,12,15H2,1H3,(H,27,28,32)(H,29,30,31). The SMILES string of the molecule is Cc1cc(-c2cnc(Nc3cnc(CNCC4COCCO4)cn3)s2)nc(NC2CCCCC2)n1. The Morgan fingerprint density at radius 1 is 1.03 bits per heavy atom. The highest BCUT2D eigenvalue weighted by Crippen LogP contribution is 2.30. The van der Waals surface area contributed by atoms with Gasteiger partial charge in [-0.3, -0.25) is 4.98 Å². The smallest absolute Gasteiger partial charge is 0.223 e. The minimum Gasteiger partial charge on any atom is -0.376 e. The molecular formula is C24H32N8O2S. The summed E-state index contributed by atoms with van der Waals surface area (Å²) in [6.45, 7) is 5.31. The van der Waals surface area contributed by atoms with E-state index >= 15 is 0 Å². The number of aromatic nitrogens is 5. The summed E-state index contributed by atoms with van der Waals surface area (Å²) < 4.78 is 11.0. The average Bonchev–Trinajstić information content (AvgIpc) is 3.35. The highest BCUT2D eigenvalue weighted by molar-refractivity contribution is 7.18. The first-order valence-electron chi connectivity index (χ1n) is 12.3. The lowest BCUT2D eigenvalue weighted by atomic mass is 9.96. The summed E-state index contributed by atoms with van der Waals surface area (Å²) in [6.07, 6.45) is 11.6. The number of aryl methyl sites for hydroxylation is 1. The van der Waals surface area contributed by atoms with E-state index in [0.29, 0.717) is 44.2 Å². The van der Waals surface area contributed by atoms with Crippen LogP contribution in [0.2, 0.25) is 0 Å². The Bertz CT molecular complexity index is 1080. The van der Waals surface area contributed by atoms with E-state index in [1.165, 1.54) is 43.4 Å². The molecule has 2 aliphatic rings. The van der Waals surface area contributed by atoms with E-state index in [9.17, 15) is 0 Å². The van der Waals surface area contributed by atoms with Crippen LogP contribution in [0.5, 0.6) is 0 Å². The topological polar surface area (TPSA) is 119 Å². The van der Waals surface area contributed by atoms with E-state index in [2.05, 4.69) is 35.9 Å². The zero-order valence-corrected chi connectivity index (χ0v) is 20.8. The van der Waals surface area contributed by atoms with Gasteiger partial charge in [-0.05, 0) is 25.8 Å². The molecule has 0 spiro atoms. The maximum atomic E-state index is 5.63. The van der Waals surface area contributed by atoms with Gasteiger partial charge < -0.3 is 25.4 Å². The third-order valence-electron chi connectivity index (χ3n) is 6.05. The fourth-order valence-electron chi connectivity index (χ4n) is 4.27. The zero-order valence-electron chi connectivity index (χ0n) is 20.0. The minimum absolute atomic E-state index is 0.0922. The van der Waals surface area contributed by atoms with Gasteiger partial charge in [0.25, 0.3) is 0 Å². The van der Waals surface area contributed by atoms with Crippen molar-refractivity contribution in [3.05, 3.63) is 36.0 Å². The van der Waals surface area contributed by atoms with Crippen LogP contribution < -0.4 is 16.0 Å². The number of hydrogen-bond acceptors (Lipinski definition) is 11. The Kier molecular flexibility index (Phi) is 8.09. The minimum atomic E-state index is 0.0922. The summed E-state index contributed by atoms with van der Waals surface area (Å²) in [5.74, 6) is 1.35. The Morgan fingerprint density at radius 3 is 2.74 bits per heavy atom. The number of hydrogen-bond donors (Lipinski definition) is 3. The van der Waals surface area contributed by atoms with Gasteiger partial charge in [-0.25, -0.2) is 19.9 Å². The predicted molar refractivity (Wildman–Crippen MR) is 136 cm³/mol. The van der Waals surface area contributed by atoms with Gasteiger partial charge in [-0.2, -0.15) is 0 Å². The lowest BCUT2D eigenvalue weighted by Crippen LogP contribution is -2.37. The number of thiazole rings is 1. The van der Waals surface area contributed by atoms with E-state index in [1.807, 2.05) is 19.2 Å². The second kappa shape index (κ2) is 11.8. The fourth-order valence-corrected chi connectivity index (χ4v) is 5.06. The highest BCUT2D eigenvalue weighted by Gasteiger charge is 2.16. The molecule has 186 valence electrons. The molecule has 10 nitrogen and oxygen atoms in total. The molecule has 1 unspecified atom stereocenters. The predicted octanol–water partition coefficient (Wildman–Crippen LogP) is 3.69. The first-order chi connectivity index (χ1) is 17.2. The van der Waals surface area contributed by atoms with Gasteiger partial charge >= 0.3 is 0 Å². The van der Waals surface area contributed by atoms with Crippen molar-refractivity contribution < 1.29 is 9.47 Å². The van der Waals surface area contributed by atoms with Crippen LogP contribution in [-0.4, -0.2) is 63.4 Å². The second-order valence-corrected chi connectivity index (χ2v) is 9.97. The molecule has 1 atom stereocenters. The lowest BCUT2D eigenvalue weighted by molar-refractivity contribution is -0.0864. The van der Waals surface area contributed by atoms with Crippen molar-refractivity contribution in [2.45, 2.75) is 57.7 Å². The van der Waals surface area contributed by atoms with Crippen LogP contribution in [0.1, 0.15) is 43.5 Å². The molecule has 1 saturated carbocycles. The monoisotopic (exact) mass is 496 g/mol. The van der Waals surface area contributed by atoms with Gasteiger partial charge in [-0.1, -0.05) is 30.6 Å². The van der Waals surface area contributed by atoms with Crippen molar-refractivity contribution in [2.24, 2.45) is 0 Å². The molecule has 0 radical (unpaired) electrons. The zero-order chi connectivity index (χ0) is 23.9. The maximum absolute atomic E-state index is 5.63. The molecule has 3 N–H and O–H groups in total. The van der Waals surface area contributed by atoms with E-state index in [1.54, 1.807) is 12.4 Å². The molecule has 4 heterocycles. The molecule has 1 saturated heterocycles. The van der Waals surface area contributed by atoms with Crippen LogP contribution in [0, 0.1) is 6.92 Å². The summed E-state index contributed by atoms with van der Waals surface area (Å²) in [5.41, 5.74) is 2.68. The van der Waals surface area contributed by atoms with Crippen LogP contribution in [0.15, 0.2) is 24.7 Å². The molecule has 11 heteroatoms. The molecule has 35 heavy (non-hydrogen) atoms. The number of nitrogens with zero attached hydrogens (tertiary/aromatic N) is 5. The molecule has 1 aliphatic heterocycles. The van der Waals surface area contributed by atoms with E-state index < -0.39 is 0 Å². The van der Waals surface area contributed by atoms with Gasteiger partial charge in [0.15, 0.2) is 10.9 Å². The summed E-state index contributed by atoms with van der Waals surface area (Å²) in [6, 6.07) is 2.46. The van der Waals surface area contributed by atoms with Crippen molar-refractivity contribution >= 4 is 28.2 Å². The van der Waals surface area contributed by atoms with E-state index in [0.717, 1.165) is 33.6 Å².